The molecule has 106 valence electrons. The minimum absolute atomic E-state index is 0.0122. The molecule has 1 unspecified atom stereocenters. The Bertz CT molecular complexity index is 430. The first-order chi connectivity index (χ1) is 9.11. The summed E-state index contributed by atoms with van der Waals surface area (Å²) in [5.74, 6) is 0.611. The van der Waals surface area contributed by atoms with Crippen LogP contribution in [0.4, 0.5) is 0 Å². The van der Waals surface area contributed by atoms with E-state index in [0.717, 1.165) is 18.0 Å². The lowest BCUT2D eigenvalue weighted by Gasteiger charge is -2.20. The summed E-state index contributed by atoms with van der Waals surface area (Å²) >= 11 is 1.72. The molecule has 1 aromatic rings. The number of unbranched alkanes of at least 4 members (excludes halogenated alkanes) is 2. The van der Waals surface area contributed by atoms with E-state index in [2.05, 4.69) is 36.0 Å². The van der Waals surface area contributed by atoms with Gasteiger partial charge in [-0.3, -0.25) is 9.69 Å². The lowest BCUT2D eigenvalue weighted by Crippen LogP contribution is -2.28. The highest BCUT2D eigenvalue weighted by Crippen LogP contribution is 2.29. The summed E-state index contributed by atoms with van der Waals surface area (Å²) in [7, 11) is 0. The predicted molar refractivity (Wildman–Crippen MR) is 78.2 cm³/mol. The Morgan fingerprint density at radius 1 is 1.53 bits per heavy atom. The van der Waals surface area contributed by atoms with Crippen molar-refractivity contribution in [3.63, 3.8) is 0 Å². The van der Waals surface area contributed by atoms with Crippen LogP contribution in [-0.2, 0) is 4.79 Å². The summed E-state index contributed by atoms with van der Waals surface area (Å²) in [4.78, 5) is 19.6. The van der Waals surface area contributed by atoms with Crippen molar-refractivity contribution >= 4 is 17.2 Å². The fraction of sp³-hybridized carbons (Fsp3) is 0.714. The summed E-state index contributed by atoms with van der Waals surface area (Å²) in [6.45, 7) is 8.01. The first kappa shape index (κ1) is 14.5. The average molecular weight is 281 g/mol. The lowest BCUT2D eigenvalue weighted by molar-refractivity contribution is -0.118. The molecule has 5 heteroatoms. The molecule has 1 aliphatic rings. The third-order valence-corrected chi connectivity index (χ3v) is 4.75. The van der Waals surface area contributed by atoms with Gasteiger partial charge < -0.3 is 5.32 Å². The normalized spacial score (nSPS) is 20.2. The number of nitrogens with zero attached hydrogens (tertiary/aromatic N) is 2. The second-order valence-corrected chi connectivity index (χ2v) is 6.50. The smallest absolute Gasteiger partial charge is 0.235 e. The van der Waals surface area contributed by atoms with Gasteiger partial charge in [-0.05, 0) is 12.3 Å². The van der Waals surface area contributed by atoms with E-state index in [4.69, 9.17) is 0 Å². The number of nitrogens with one attached hydrogen (secondary N) is 1. The van der Waals surface area contributed by atoms with Crippen molar-refractivity contribution in [2.45, 2.75) is 52.1 Å². The molecular formula is C14H23N3OS. The quantitative estimate of drug-likeness (QED) is 0.816. The monoisotopic (exact) mass is 281 g/mol. The van der Waals surface area contributed by atoms with Gasteiger partial charge in [0.05, 0.1) is 6.54 Å². The van der Waals surface area contributed by atoms with Crippen LogP contribution in [0.25, 0.3) is 0 Å². The molecule has 1 fully saturated rings. The van der Waals surface area contributed by atoms with Crippen molar-refractivity contribution in [1.29, 1.82) is 0 Å². The number of carbonyl (C=O) groups excluding carboxylic acids is 1. The topological polar surface area (TPSA) is 45.2 Å². The molecule has 1 N–H and O–H groups in total. The minimum atomic E-state index is -0.0122. The van der Waals surface area contributed by atoms with Gasteiger partial charge in [0, 0.05) is 17.6 Å². The zero-order valence-corrected chi connectivity index (χ0v) is 12.8. The van der Waals surface area contributed by atoms with Gasteiger partial charge in [-0.15, -0.1) is 11.3 Å². The van der Waals surface area contributed by atoms with Crippen LogP contribution >= 0.6 is 11.3 Å². The summed E-state index contributed by atoms with van der Waals surface area (Å²) in [6.07, 6.45) is 5.49. The van der Waals surface area contributed by atoms with Gasteiger partial charge in [-0.1, -0.05) is 33.6 Å². The van der Waals surface area contributed by atoms with E-state index >= 15 is 0 Å². The Labute approximate surface area is 119 Å². The zero-order chi connectivity index (χ0) is 13.8. The molecule has 1 atom stereocenters. The molecule has 0 saturated carbocycles. The maximum absolute atomic E-state index is 11.6. The second kappa shape index (κ2) is 6.48. The Morgan fingerprint density at radius 2 is 2.32 bits per heavy atom. The lowest BCUT2D eigenvalue weighted by atomic mass is 10.2. The molecule has 2 heterocycles. The van der Waals surface area contributed by atoms with E-state index in [1.165, 1.54) is 17.7 Å². The number of rotatable bonds is 6. The van der Waals surface area contributed by atoms with Gasteiger partial charge in [0.2, 0.25) is 5.91 Å². The van der Waals surface area contributed by atoms with Crippen molar-refractivity contribution in [2.24, 2.45) is 0 Å². The van der Waals surface area contributed by atoms with Crippen LogP contribution in [0.2, 0.25) is 0 Å². The maximum atomic E-state index is 11.6. The van der Waals surface area contributed by atoms with Crippen molar-refractivity contribution in [2.75, 3.05) is 13.1 Å². The summed E-state index contributed by atoms with van der Waals surface area (Å²) in [6, 6.07) is 0. The Balaban J connectivity index is 2.04. The number of thiazole rings is 1. The third kappa shape index (κ3) is 3.54. The van der Waals surface area contributed by atoms with Gasteiger partial charge in [0.15, 0.2) is 0 Å². The molecule has 0 radical (unpaired) electrons. The fourth-order valence-electron chi connectivity index (χ4n) is 2.25. The predicted octanol–water partition coefficient (Wildman–Crippen LogP) is 2.89. The van der Waals surface area contributed by atoms with Crippen LogP contribution < -0.4 is 5.32 Å². The van der Waals surface area contributed by atoms with Crippen LogP contribution in [0.5, 0.6) is 0 Å². The molecule has 0 aromatic carbocycles. The van der Waals surface area contributed by atoms with Crippen molar-refractivity contribution in [3.8, 4) is 0 Å². The van der Waals surface area contributed by atoms with Gasteiger partial charge in [0.1, 0.15) is 11.2 Å². The van der Waals surface area contributed by atoms with E-state index in [1.54, 1.807) is 11.3 Å². The molecule has 1 aliphatic heterocycles. The molecule has 0 aliphatic carbocycles. The van der Waals surface area contributed by atoms with Crippen molar-refractivity contribution < 1.29 is 4.79 Å². The molecule has 0 spiro atoms. The number of amides is 1. The second-order valence-electron chi connectivity index (χ2n) is 5.40. The molecule has 4 nitrogen and oxygen atoms in total. The fourth-order valence-corrected chi connectivity index (χ4v) is 3.26. The van der Waals surface area contributed by atoms with Crippen LogP contribution in [0.1, 0.15) is 62.0 Å². The number of hydrogen-bond donors (Lipinski definition) is 1. The first-order valence-corrected chi connectivity index (χ1v) is 7.92. The Hall–Kier alpha value is -0.940. The van der Waals surface area contributed by atoms with E-state index in [0.29, 0.717) is 12.5 Å². The summed E-state index contributed by atoms with van der Waals surface area (Å²) < 4.78 is 0. The molecule has 1 saturated heterocycles. The number of aromatic nitrogens is 1. The zero-order valence-electron chi connectivity index (χ0n) is 12.0. The first-order valence-electron chi connectivity index (χ1n) is 7.10. The molecule has 0 bridgehead atoms. The van der Waals surface area contributed by atoms with Gasteiger partial charge in [0.25, 0.3) is 0 Å². The SMILES string of the molecule is CCCCCN1CC(=O)NC1c1ncc(C(C)C)s1. The van der Waals surface area contributed by atoms with Gasteiger partial charge in [-0.2, -0.15) is 0 Å². The highest BCUT2D eigenvalue weighted by atomic mass is 32.1. The van der Waals surface area contributed by atoms with E-state index < -0.39 is 0 Å². The van der Waals surface area contributed by atoms with Crippen molar-refractivity contribution in [1.82, 2.24) is 15.2 Å². The molecule has 19 heavy (non-hydrogen) atoms. The number of hydrogen-bond acceptors (Lipinski definition) is 4. The number of carbonyl (C=O) groups is 1. The highest BCUT2D eigenvalue weighted by Gasteiger charge is 2.32. The van der Waals surface area contributed by atoms with E-state index in [-0.39, 0.29) is 12.1 Å². The molecule has 2 rings (SSSR count). The maximum Gasteiger partial charge on any atom is 0.235 e. The minimum Gasteiger partial charge on any atom is -0.333 e. The third-order valence-electron chi connectivity index (χ3n) is 3.40. The van der Waals surface area contributed by atoms with Crippen LogP contribution in [0.15, 0.2) is 6.20 Å². The van der Waals surface area contributed by atoms with Crippen molar-refractivity contribution in [3.05, 3.63) is 16.1 Å². The van der Waals surface area contributed by atoms with E-state index in [1.807, 2.05) is 6.20 Å². The van der Waals surface area contributed by atoms with Gasteiger partial charge in [-0.25, -0.2) is 4.98 Å². The molecular weight excluding hydrogens is 258 g/mol. The Morgan fingerprint density at radius 3 is 2.95 bits per heavy atom. The average Bonchev–Trinajstić information content (AvgIpc) is 2.96. The Kier molecular flexibility index (Phi) is 4.93. The van der Waals surface area contributed by atoms with E-state index in [9.17, 15) is 4.79 Å². The standard InChI is InChI=1S/C14H23N3OS/c1-4-5-6-7-17-9-12(18)16-13(17)14-15-8-11(19-14)10(2)3/h8,10,13H,4-7,9H2,1-3H3,(H,16,18). The van der Waals surface area contributed by atoms with Gasteiger partial charge >= 0.3 is 0 Å². The molecule has 1 aromatic heterocycles. The highest BCUT2D eigenvalue weighted by molar-refractivity contribution is 7.11. The van der Waals surface area contributed by atoms with Crippen LogP contribution in [0, 0.1) is 0 Å². The molecule has 1 amide bonds. The summed E-state index contributed by atoms with van der Waals surface area (Å²) in [5, 5.41) is 4.05. The van der Waals surface area contributed by atoms with Crippen LogP contribution in [-0.4, -0.2) is 28.9 Å². The van der Waals surface area contributed by atoms with Crippen LogP contribution in [0.3, 0.4) is 0 Å². The largest absolute Gasteiger partial charge is 0.333 e. The summed E-state index contributed by atoms with van der Waals surface area (Å²) in [5.41, 5.74) is 0.